The zero-order chi connectivity index (χ0) is 15.3. The molecular weight excluding hydrogens is 302 g/mol. The van der Waals surface area contributed by atoms with E-state index >= 15 is 0 Å². The summed E-state index contributed by atoms with van der Waals surface area (Å²) in [4.78, 5) is 4.17. The molecule has 0 aliphatic rings. The lowest BCUT2D eigenvalue weighted by molar-refractivity contribution is 0.466. The van der Waals surface area contributed by atoms with E-state index in [4.69, 9.17) is 16.0 Å². The van der Waals surface area contributed by atoms with E-state index in [1.54, 1.807) is 30.5 Å². The highest BCUT2D eigenvalue weighted by Crippen LogP contribution is 2.40. The van der Waals surface area contributed by atoms with Crippen molar-refractivity contribution in [1.82, 2.24) is 4.98 Å². The normalized spacial score (nSPS) is 11.3. The van der Waals surface area contributed by atoms with Gasteiger partial charge in [-0.05, 0) is 24.3 Å². The van der Waals surface area contributed by atoms with Crippen molar-refractivity contribution < 1.29 is 14.6 Å². The second-order valence-corrected chi connectivity index (χ2v) is 5.37. The number of phenols is 2. The lowest BCUT2D eigenvalue weighted by Crippen LogP contribution is -1.84. The smallest absolute Gasteiger partial charge is 0.176 e. The maximum atomic E-state index is 10.0. The van der Waals surface area contributed by atoms with Gasteiger partial charge in [-0.2, -0.15) is 0 Å². The molecule has 4 nitrogen and oxygen atoms in total. The molecule has 0 radical (unpaired) electrons. The Labute approximate surface area is 130 Å². The number of furan rings is 1. The van der Waals surface area contributed by atoms with Gasteiger partial charge in [0, 0.05) is 22.5 Å². The van der Waals surface area contributed by atoms with Crippen molar-refractivity contribution in [3.8, 4) is 22.8 Å². The average Bonchev–Trinajstić information content (AvgIpc) is 2.96. The molecular formula is C17H10ClNO3. The first-order valence-electron chi connectivity index (χ1n) is 6.63. The van der Waals surface area contributed by atoms with Crippen molar-refractivity contribution in [3.63, 3.8) is 0 Å². The molecule has 4 rings (SSSR count). The molecule has 22 heavy (non-hydrogen) atoms. The number of phenolic OH excluding ortho intramolecular Hbond substituents is 2. The minimum absolute atomic E-state index is 0.0556. The molecule has 0 fully saturated rings. The molecule has 2 aromatic heterocycles. The number of nitrogens with zero attached hydrogens (tertiary/aromatic N) is 1. The van der Waals surface area contributed by atoms with Gasteiger partial charge in [-0.3, -0.25) is 4.98 Å². The second kappa shape index (κ2) is 4.64. The topological polar surface area (TPSA) is 66.5 Å². The molecule has 0 saturated carbocycles. The molecule has 5 heteroatoms. The number of benzene rings is 2. The van der Waals surface area contributed by atoms with Gasteiger partial charge in [0.25, 0.3) is 0 Å². The molecule has 0 spiro atoms. The van der Waals surface area contributed by atoms with Gasteiger partial charge in [0.1, 0.15) is 11.3 Å². The third-order valence-corrected chi connectivity index (χ3v) is 3.90. The van der Waals surface area contributed by atoms with Crippen LogP contribution in [0.25, 0.3) is 33.2 Å². The molecule has 0 bridgehead atoms. The molecule has 0 amide bonds. The van der Waals surface area contributed by atoms with Crippen LogP contribution in [-0.2, 0) is 0 Å². The number of halogens is 1. The van der Waals surface area contributed by atoms with E-state index in [0.717, 1.165) is 10.8 Å². The first-order valence-corrected chi connectivity index (χ1v) is 7.01. The predicted octanol–water partition coefficient (Wildman–Crippen LogP) is 4.71. The van der Waals surface area contributed by atoms with Gasteiger partial charge < -0.3 is 14.6 Å². The van der Waals surface area contributed by atoms with E-state index in [1.165, 1.54) is 0 Å². The maximum Gasteiger partial charge on any atom is 0.176 e. The van der Waals surface area contributed by atoms with E-state index < -0.39 is 0 Å². The first-order chi connectivity index (χ1) is 10.6. The Morgan fingerprint density at radius 3 is 2.73 bits per heavy atom. The quantitative estimate of drug-likeness (QED) is 0.534. The molecule has 0 saturated heterocycles. The summed E-state index contributed by atoms with van der Waals surface area (Å²) >= 11 is 6.09. The Morgan fingerprint density at radius 2 is 1.91 bits per heavy atom. The van der Waals surface area contributed by atoms with E-state index in [2.05, 4.69) is 4.98 Å². The van der Waals surface area contributed by atoms with Gasteiger partial charge >= 0.3 is 0 Å². The number of aromatic nitrogens is 1. The lowest BCUT2D eigenvalue weighted by Gasteiger charge is -2.07. The van der Waals surface area contributed by atoms with Gasteiger partial charge in [-0.25, -0.2) is 0 Å². The van der Waals surface area contributed by atoms with Crippen LogP contribution in [0.5, 0.6) is 11.5 Å². The van der Waals surface area contributed by atoms with Crippen molar-refractivity contribution in [3.05, 3.63) is 53.7 Å². The van der Waals surface area contributed by atoms with Crippen LogP contribution < -0.4 is 0 Å². The molecule has 2 aromatic carbocycles. The van der Waals surface area contributed by atoms with E-state index in [1.807, 2.05) is 18.2 Å². The number of rotatable bonds is 1. The summed E-state index contributed by atoms with van der Waals surface area (Å²) in [5.74, 6) is 0.576. The fourth-order valence-electron chi connectivity index (χ4n) is 2.58. The fraction of sp³-hybridized carbons (Fsp3) is 0. The Balaban J connectivity index is 2.08. The van der Waals surface area contributed by atoms with Gasteiger partial charge in [0.05, 0.1) is 5.02 Å². The van der Waals surface area contributed by atoms with Crippen LogP contribution >= 0.6 is 11.6 Å². The number of pyridine rings is 1. The van der Waals surface area contributed by atoms with E-state index in [-0.39, 0.29) is 16.5 Å². The second-order valence-electron chi connectivity index (χ2n) is 4.96. The molecule has 0 unspecified atom stereocenters. The summed E-state index contributed by atoms with van der Waals surface area (Å²) in [6, 6.07) is 12.2. The highest BCUT2D eigenvalue weighted by molar-refractivity contribution is 6.33. The predicted molar refractivity (Wildman–Crippen MR) is 85.3 cm³/mol. The van der Waals surface area contributed by atoms with Crippen LogP contribution in [0, 0.1) is 0 Å². The highest BCUT2D eigenvalue weighted by Gasteiger charge is 2.16. The zero-order valence-electron chi connectivity index (χ0n) is 11.2. The van der Waals surface area contributed by atoms with Crippen molar-refractivity contribution in [1.29, 1.82) is 0 Å². The van der Waals surface area contributed by atoms with Crippen molar-refractivity contribution in [2.45, 2.75) is 0 Å². The molecule has 2 N–H and O–H groups in total. The van der Waals surface area contributed by atoms with Crippen molar-refractivity contribution in [2.24, 2.45) is 0 Å². The van der Waals surface area contributed by atoms with E-state index in [9.17, 15) is 10.2 Å². The van der Waals surface area contributed by atoms with Crippen molar-refractivity contribution >= 4 is 33.5 Å². The largest absolute Gasteiger partial charge is 0.504 e. The van der Waals surface area contributed by atoms with Crippen LogP contribution in [0.15, 0.2) is 53.1 Å². The minimum atomic E-state index is -0.0556. The first kappa shape index (κ1) is 13.0. The SMILES string of the molecule is Oc1c(Cl)cc(-c2cc3cccc(O)c3o2)c2cccnc12. The molecule has 2 heterocycles. The Bertz CT molecular complexity index is 1020. The van der Waals surface area contributed by atoms with Gasteiger partial charge in [-0.15, -0.1) is 0 Å². The monoisotopic (exact) mass is 311 g/mol. The number of aromatic hydroxyl groups is 2. The maximum absolute atomic E-state index is 10.0. The standard InChI is InChI=1S/C17H10ClNO3/c18-12-8-11(10-4-2-6-19-15(10)16(12)21)14-7-9-3-1-5-13(20)17(9)22-14/h1-8,20-21H. The summed E-state index contributed by atoms with van der Waals surface area (Å²) < 4.78 is 5.77. The van der Waals surface area contributed by atoms with Crippen LogP contribution in [0.2, 0.25) is 5.02 Å². The number of para-hydroxylation sites is 1. The lowest BCUT2D eigenvalue weighted by atomic mass is 10.1. The zero-order valence-corrected chi connectivity index (χ0v) is 12.0. The van der Waals surface area contributed by atoms with Crippen LogP contribution in [0.4, 0.5) is 0 Å². The van der Waals surface area contributed by atoms with E-state index in [0.29, 0.717) is 22.4 Å². The molecule has 108 valence electrons. The van der Waals surface area contributed by atoms with Crippen LogP contribution in [0.1, 0.15) is 0 Å². The molecule has 0 aliphatic heterocycles. The van der Waals surface area contributed by atoms with Crippen LogP contribution in [-0.4, -0.2) is 15.2 Å². The van der Waals surface area contributed by atoms with Gasteiger partial charge in [-0.1, -0.05) is 29.8 Å². The van der Waals surface area contributed by atoms with Gasteiger partial charge in [0.15, 0.2) is 17.1 Å². The average molecular weight is 312 g/mol. The number of fused-ring (bicyclic) bond motifs is 2. The van der Waals surface area contributed by atoms with Crippen LogP contribution in [0.3, 0.4) is 0 Å². The number of hydrogen-bond acceptors (Lipinski definition) is 4. The fourth-order valence-corrected chi connectivity index (χ4v) is 2.78. The molecule has 0 atom stereocenters. The number of hydrogen-bond donors (Lipinski definition) is 2. The summed E-state index contributed by atoms with van der Waals surface area (Å²) in [5, 5.41) is 21.6. The summed E-state index contributed by atoms with van der Waals surface area (Å²) in [6.07, 6.45) is 1.59. The Kier molecular flexibility index (Phi) is 2.74. The minimum Gasteiger partial charge on any atom is -0.504 e. The highest BCUT2D eigenvalue weighted by atomic mass is 35.5. The third kappa shape index (κ3) is 1.81. The molecule has 0 aliphatic carbocycles. The Morgan fingerprint density at radius 1 is 1.05 bits per heavy atom. The van der Waals surface area contributed by atoms with Crippen molar-refractivity contribution in [2.75, 3.05) is 0 Å². The summed E-state index contributed by atoms with van der Waals surface area (Å²) in [6.45, 7) is 0. The third-order valence-electron chi connectivity index (χ3n) is 3.61. The Hall–Kier alpha value is -2.72. The molecule has 4 aromatic rings. The summed E-state index contributed by atoms with van der Waals surface area (Å²) in [5.41, 5.74) is 1.54. The summed E-state index contributed by atoms with van der Waals surface area (Å²) in [7, 11) is 0. The van der Waals surface area contributed by atoms with Gasteiger partial charge in [0.2, 0.25) is 0 Å².